The summed E-state index contributed by atoms with van der Waals surface area (Å²) in [7, 11) is 0. The lowest BCUT2D eigenvalue weighted by Crippen LogP contribution is -2.14. The average molecular weight is 280 g/mol. The topological polar surface area (TPSA) is 65.1 Å². The third-order valence-electron chi connectivity index (χ3n) is 3.45. The molecule has 21 heavy (non-hydrogen) atoms. The number of aromatic amines is 1. The van der Waals surface area contributed by atoms with E-state index in [1.165, 1.54) is 0 Å². The van der Waals surface area contributed by atoms with Gasteiger partial charge in [0.2, 0.25) is 5.91 Å². The zero-order chi connectivity index (χ0) is 14.8. The van der Waals surface area contributed by atoms with Crippen LogP contribution < -0.4 is 5.32 Å². The molecule has 0 saturated heterocycles. The number of hydrogen-bond acceptors (Lipinski definition) is 2. The van der Waals surface area contributed by atoms with E-state index in [1.807, 2.05) is 43.5 Å². The van der Waals surface area contributed by atoms with E-state index in [2.05, 4.69) is 10.3 Å². The molecule has 0 radical (unpaired) electrons. The molecule has 0 fully saturated rings. The van der Waals surface area contributed by atoms with Gasteiger partial charge in [-0.15, -0.1) is 0 Å². The van der Waals surface area contributed by atoms with Crippen LogP contribution in [0.4, 0.5) is 5.69 Å². The molecular weight excluding hydrogens is 264 g/mol. The van der Waals surface area contributed by atoms with Crippen LogP contribution in [0.2, 0.25) is 0 Å². The third kappa shape index (κ3) is 2.74. The Kier molecular flexibility index (Phi) is 3.36. The first-order valence-corrected chi connectivity index (χ1v) is 6.78. The first-order chi connectivity index (χ1) is 10.1. The van der Waals surface area contributed by atoms with Crippen molar-refractivity contribution in [3.63, 3.8) is 0 Å². The highest BCUT2D eigenvalue weighted by Crippen LogP contribution is 2.24. The van der Waals surface area contributed by atoms with Gasteiger partial charge in [-0.3, -0.25) is 4.79 Å². The first kappa shape index (κ1) is 13.2. The molecule has 3 rings (SSSR count). The second-order valence-corrected chi connectivity index (χ2v) is 5.11. The summed E-state index contributed by atoms with van der Waals surface area (Å²) < 4.78 is 0. The number of para-hydroxylation sites is 1. The number of aromatic nitrogens is 1. The van der Waals surface area contributed by atoms with Crippen molar-refractivity contribution < 1.29 is 9.90 Å². The Labute approximate surface area is 122 Å². The molecular formula is C17H16N2O2. The van der Waals surface area contributed by atoms with Gasteiger partial charge in [-0.2, -0.15) is 0 Å². The highest BCUT2D eigenvalue weighted by atomic mass is 16.3. The normalized spacial score (nSPS) is 10.7. The van der Waals surface area contributed by atoms with Crippen LogP contribution in [-0.4, -0.2) is 16.0 Å². The minimum absolute atomic E-state index is 0.0854. The Bertz CT molecular complexity index is 805. The van der Waals surface area contributed by atoms with Crippen LogP contribution in [0.15, 0.2) is 48.7 Å². The summed E-state index contributed by atoms with van der Waals surface area (Å²) in [5.41, 5.74) is 3.33. The number of H-pyrrole nitrogens is 1. The van der Waals surface area contributed by atoms with Gasteiger partial charge in [0.05, 0.1) is 12.1 Å². The van der Waals surface area contributed by atoms with Crippen LogP contribution >= 0.6 is 0 Å². The highest BCUT2D eigenvalue weighted by Gasteiger charge is 2.10. The Balaban J connectivity index is 1.77. The van der Waals surface area contributed by atoms with E-state index < -0.39 is 0 Å². The zero-order valence-electron chi connectivity index (χ0n) is 11.7. The molecule has 106 valence electrons. The summed E-state index contributed by atoms with van der Waals surface area (Å²) >= 11 is 0. The summed E-state index contributed by atoms with van der Waals surface area (Å²) in [6.07, 6.45) is 2.11. The molecule has 1 aromatic heterocycles. The Hall–Kier alpha value is -2.75. The number of carbonyl (C=O) groups excluding carboxylic acids is 1. The SMILES string of the molecule is Cc1ccc(NC(=O)Cc2c[nH]c3ccccc23)c(O)c1. The summed E-state index contributed by atoms with van der Waals surface area (Å²) in [6, 6.07) is 13.0. The summed E-state index contributed by atoms with van der Waals surface area (Å²) in [4.78, 5) is 15.3. The molecule has 1 amide bonds. The largest absolute Gasteiger partial charge is 0.506 e. The van der Waals surface area contributed by atoms with Crippen LogP contribution in [0, 0.1) is 6.92 Å². The van der Waals surface area contributed by atoms with Crippen molar-refractivity contribution in [1.82, 2.24) is 4.98 Å². The van der Waals surface area contributed by atoms with Gasteiger partial charge >= 0.3 is 0 Å². The van der Waals surface area contributed by atoms with Gasteiger partial charge in [-0.05, 0) is 36.2 Å². The fraction of sp³-hybridized carbons (Fsp3) is 0.118. The quantitative estimate of drug-likeness (QED) is 0.644. The van der Waals surface area contributed by atoms with E-state index in [9.17, 15) is 9.90 Å². The number of phenols is 1. The molecule has 1 heterocycles. The number of carbonyl (C=O) groups is 1. The second kappa shape index (κ2) is 5.32. The van der Waals surface area contributed by atoms with Gasteiger partial charge in [0, 0.05) is 17.1 Å². The van der Waals surface area contributed by atoms with Crippen molar-refractivity contribution in [1.29, 1.82) is 0 Å². The summed E-state index contributed by atoms with van der Waals surface area (Å²) in [5.74, 6) is -0.0683. The van der Waals surface area contributed by atoms with Crippen LogP contribution in [-0.2, 0) is 11.2 Å². The number of nitrogens with one attached hydrogen (secondary N) is 2. The van der Waals surface area contributed by atoms with Crippen molar-refractivity contribution in [2.24, 2.45) is 0 Å². The van der Waals surface area contributed by atoms with E-state index in [4.69, 9.17) is 0 Å². The average Bonchev–Trinajstić information content (AvgIpc) is 2.85. The molecule has 3 aromatic rings. The first-order valence-electron chi connectivity index (χ1n) is 6.78. The number of aryl methyl sites for hydroxylation is 1. The van der Waals surface area contributed by atoms with Crippen molar-refractivity contribution in [2.75, 3.05) is 5.32 Å². The molecule has 0 bridgehead atoms. The number of benzene rings is 2. The highest BCUT2D eigenvalue weighted by molar-refractivity contribution is 5.96. The molecule has 0 saturated carbocycles. The minimum Gasteiger partial charge on any atom is -0.506 e. The van der Waals surface area contributed by atoms with Gasteiger partial charge in [0.25, 0.3) is 0 Å². The third-order valence-corrected chi connectivity index (χ3v) is 3.45. The molecule has 4 heteroatoms. The van der Waals surface area contributed by atoms with Crippen molar-refractivity contribution >= 4 is 22.5 Å². The molecule has 0 spiro atoms. The predicted molar refractivity (Wildman–Crippen MR) is 83.5 cm³/mol. The second-order valence-electron chi connectivity index (χ2n) is 5.11. The Morgan fingerprint density at radius 2 is 2.05 bits per heavy atom. The van der Waals surface area contributed by atoms with Gasteiger partial charge in [0.15, 0.2) is 0 Å². The number of amides is 1. The fourth-order valence-electron chi connectivity index (χ4n) is 2.39. The smallest absolute Gasteiger partial charge is 0.228 e. The number of rotatable bonds is 3. The van der Waals surface area contributed by atoms with Gasteiger partial charge in [-0.1, -0.05) is 24.3 Å². The van der Waals surface area contributed by atoms with Crippen molar-refractivity contribution in [3.8, 4) is 5.75 Å². The maximum Gasteiger partial charge on any atom is 0.228 e. The predicted octanol–water partition coefficient (Wildman–Crippen LogP) is 3.36. The molecule has 3 N–H and O–H groups in total. The van der Waals surface area contributed by atoms with E-state index >= 15 is 0 Å². The van der Waals surface area contributed by atoms with Crippen LogP contribution in [0.5, 0.6) is 5.75 Å². The molecule has 2 aromatic carbocycles. The number of aromatic hydroxyl groups is 1. The lowest BCUT2D eigenvalue weighted by molar-refractivity contribution is -0.115. The summed E-state index contributed by atoms with van der Waals surface area (Å²) in [5, 5.41) is 13.6. The molecule has 0 aliphatic carbocycles. The van der Waals surface area contributed by atoms with Crippen molar-refractivity contribution in [3.05, 3.63) is 59.8 Å². The van der Waals surface area contributed by atoms with Gasteiger partial charge < -0.3 is 15.4 Å². The van der Waals surface area contributed by atoms with E-state index in [0.29, 0.717) is 5.69 Å². The Morgan fingerprint density at radius 1 is 1.24 bits per heavy atom. The van der Waals surface area contributed by atoms with Gasteiger partial charge in [0.1, 0.15) is 5.75 Å². The molecule has 0 unspecified atom stereocenters. The number of phenolic OH excluding ortho intramolecular Hbond substituents is 1. The van der Waals surface area contributed by atoms with E-state index in [-0.39, 0.29) is 18.1 Å². The molecule has 4 nitrogen and oxygen atoms in total. The monoisotopic (exact) mass is 280 g/mol. The van der Waals surface area contributed by atoms with Gasteiger partial charge in [-0.25, -0.2) is 0 Å². The lowest BCUT2D eigenvalue weighted by Gasteiger charge is -2.07. The minimum atomic E-state index is -0.154. The van der Waals surface area contributed by atoms with E-state index in [1.54, 1.807) is 12.1 Å². The molecule has 0 atom stereocenters. The standard InChI is InChI=1S/C17H16N2O2/c1-11-6-7-15(16(20)8-11)19-17(21)9-12-10-18-14-5-3-2-4-13(12)14/h2-8,10,18,20H,9H2,1H3,(H,19,21). The number of hydrogen-bond donors (Lipinski definition) is 3. The van der Waals surface area contributed by atoms with Crippen LogP contribution in [0.1, 0.15) is 11.1 Å². The summed E-state index contributed by atoms with van der Waals surface area (Å²) in [6.45, 7) is 1.89. The number of fused-ring (bicyclic) bond motifs is 1. The number of anilines is 1. The van der Waals surface area contributed by atoms with Crippen molar-refractivity contribution in [2.45, 2.75) is 13.3 Å². The molecule has 0 aliphatic heterocycles. The maximum absolute atomic E-state index is 12.1. The van der Waals surface area contributed by atoms with E-state index in [0.717, 1.165) is 22.0 Å². The fourth-order valence-corrected chi connectivity index (χ4v) is 2.39. The lowest BCUT2D eigenvalue weighted by atomic mass is 10.1. The molecule has 0 aliphatic rings. The van der Waals surface area contributed by atoms with Crippen LogP contribution in [0.25, 0.3) is 10.9 Å². The Morgan fingerprint density at radius 3 is 2.86 bits per heavy atom. The maximum atomic E-state index is 12.1. The zero-order valence-corrected chi connectivity index (χ0v) is 11.7. The van der Waals surface area contributed by atoms with Crippen LogP contribution in [0.3, 0.4) is 0 Å².